The van der Waals surface area contributed by atoms with E-state index in [2.05, 4.69) is 53.1 Å². The van der Waals surface area contributed by atoms with Crippen molar-refractivity contribution in [2.75, 3.05) is 31.1 Å². The molecule has 0 radical (unpaired) electrons. The molecule has 0 N–H and O–H groups in total. The first kappa shape index (κ1) is 19.0. The molecular weight excluding hydrogens is 376 g/mol. The predicted octanol–water partition coefficient (Wildman–Crippen LogP) is 5.05. The van der Waals surface area contributed by atoms with E-state index in [0.717, 1.165) is 55.1 Å². The highest BCUT2D eigenvalue weighted by Crippen LogP contribution is 2.32. The van der Waals surface area contributed by atoms with Crippen LogP contribution < -0.4 is 4.90 Å². The number of benzene rings is 1. The number of rotatable bonds is 4. The number of aromatic nitrogens is 2. The zero-order chi connectivity index (χ0) is 19.6. The van der Waals surface area contributed by atoms with E-state index in [-0.39, 0.29) is 0 Å². The molecule has 0 bridgehead atoms. The number of aryl methyl sites for hydroxylation is 1. The van der Waals surface area contributed by atoms with Gasteiger partial charge in [0.2, 0.25) is 0 Å². The summed E-state index contributed by atoms with van der Waals surface area (Å²) in [7, 11) is 0. The van der Waals surface area contributed by atoms with Gasteiger partial charge in [0.1, 0.15) is 16.5 Å². The summed E-state index contributed by atoms with van der Waals surface area (Å²) in [5.41, 5.74) is 1.27. The predicted molar refractivity (Wildman–Crippen MR) is 122 cm³/mol. The highest BCUT2D eigenvalue weighted by atomic mass is 32.1. The molecule has 3 heterocycles. The first-order chi connectivity index (χ1) is 14.3. The van der Waals surface area contributed by atoms with Gasteiger partial charge in [-0.1, -0.05) is 49.6 Å². The van der Waals surface area contributed by atoms with Gasteiger partial charge in [0, 0.05) is 43.5 Å². The zero-order valence-corrected chi connectivity index (χ0v) is 18.1. The minimum atomic E-state index is 0.794. The summed E-state index contributed by atoms with van der Waals surface area (Å²) in [4.78, 5) is 17.7. The van der Waals surface area contributed by atoms with Crippen molar-refractivity contribution >= 4 is 27.4 Å². The molecular formula is C24H30N4S. The van der Waals surface area contributed by atoms with E-state index < -0.39 is 0 Å². The molecule has 1 aliphatic carbocycles. The lowest BCUT2D eigenvalue weighted by Crippen LogP contribution is -2.51. The third kappa shape index (κ3) is 4.17. The maximum atomic E-state index is 5.07. The molecule has 0 amide bonds. The monoisotopic (exact) mass is 406 g/mol. The summed E-state index contributed by atoms with van der Waals surface area (Å²) in [5.74, 6) is 2.09. The second kappa shape index (κ2) is 8.41. The van der Waals surface area contributed by atoms with Crippen LogP contribution in [0.15, 0.2) is 36.4 Å². The lowest BCUT2D eigenvalue weighted by atomic mass is 9.94. The Labute approximate surface area is 177 Å². The normalized spacial score (nSPS) is 19.1. The Bertz CT molecular complexity index is 954. The van der Waals surface area contributed by atoms with Crippen LogP contribution in [0.5, 0.6) is 0 Å². The summed E-state index contributed by atoms with van der Waals surface area (Å²) in [5, 5.41) is 1.23. The molecule has 1 saturated carbocycles. The minimum absolute atomic E-state index is 0.794. The van der Waals surface area contributed by atoms with Gasteiger partial charge in [-0.3, -0.25) is 4.90 Å². The maximum absolute atomic E-state index is 5.07. The summed E-state index contributed by atoms with van der Waals surface area (Å²) in [6.07, 6.45) is 7.83. The van der Waals surface area contributed by atoms with Crippen LogP contribution in [-0.4, -0.2) is 47.1 Å². The van der Waals surface area contributed by atoms with Crippen molar-refractivity contribution in [2.45, 2.75) is 51.5 Å². The third-order valence-electron chi connectivity index (χ3n) is 6.45. The molecule has 152 valence electrons. The molecule has 2 aliphatic rings. The van der Waals surface area contributed by atoms with Gasteiger partial charge in [0.25, 0.3) is 0 Å². The van der Waals surface area contributed by atoms with Gasteiger partial charge in [0.15, 0.2) is 0 Å². The molecule has 2 fully saturated rings. The van der Waals surface area contributed by atoms with E-state index in [9.17, 15) is 0 Å². The van der Waals surface area contributed by atoms with Crippen molar-refractivity contribution in [3.8, 4) is 0 Å². The molecule has 5 heteroatoms. The van der Waals surface area contributed by atoms with Gasteiger partial charge >= 0.3 is 0 Å². The molecule has 5 rings (SSSR count). The van der Waals surface area contributed by atoms with Gasteiger partial charge < -0.3 is 4.90 Å². The first-order valence-corrected chi connectivity index (χ1v) is 11.9. The maximum Gasteiger partial charge on any atom is 0.141 e. The van der Waals surface area contributed by atoms with Gasteiger partial charge in [-0.25, -0.2) is 9.97 Å². The fraction of sp³-hybridized carbons (Fsp3) is 0.500. The molecule has 3 aromatic rings. The summed E-state index contributed by atoms with van der Waals surface area (Å²) in [6.45, 7) is 6.64. The van der Waals surface area contributed by atoms with E-state index in [1.165, 1.54) is 47.9 Å². The Morgan fingerprint density at radius 2 is 1.72 bits per heavy atom. The van der Waals surface area contributed by atoms with E-state index in [0.29, 0.717) is 0 Å². The van der Waals surface area contributed by atoms with Crippen LogP contribution in [0.2, 0.25) is 0 Å². The summed E-state index contributed by atoms with van der Waals surface area (Å²) >= 11 is 1.79. The number of hydrogen-bond acceptors (Lipinski definition) is 5. The molecule has 0 unspecified atom stereocenters. The number of fused-ring (bicyclic) bond motifs is 1. The first-order valence-electron chi connectivity index (χ1n) is 11.1. The van der Waals surface area contributed by atoms with Crippen molar-refractivity contribution in [2.24, 2.45) is 0 Å². The van der Waals surface area contributed by atoms with Crippen molar-refractivity contribution in [1.29, 1.82) is 0 Å². The van der Waals surface area contributed by atoms with Crippen LogP contribution in [-0.2, 0) is 6.42 Å². The fourth-order valence-electron chi connectivity index (χ4n) is 4.91. The zero-order valence-electron chi connectivity index (χ0n) is 17.3. The molecule has 0 spiro atoms. The van der Waals surface area contributed by atoms with Crippen molar-refractivity contribution in [3.05, 3.63) is 52.7 Å². The number of anilines is 1. The van der Waals surface area contributed by atoms with Gasteiger partial charge in [-0.15, -0.1) is 11.3 Å². The Hall–Kier alpha value is -1.98. The van der Waals surface area contributed by atoms with Gasteiger partial charge in [-0.2, -0.15) is 0 Å². The number of nitrogens with zero attached hydrogens (tertiary/aromatic N) is 4. The van der Waals surface area contributed by atoms with Crippen LogP contribution in [0, 0.1) is 6.92 Å². The Balaban J connectivity index is 1.38. The topological polar surface area (TPSA) is 32.3 Å². The molecule has 1 aliphatic heterocycles. The lowest BCUT2D eigenvalue weighted by Gasteiger charge is -2.41. The average molecular weight is 407 g/mol. The highest BCUT2D eigenvalue weighted by molar-refractivity contribution is 7.18. The second-order valence-electron chi connectivity index (χ2n) is 8.52. The molecule has 29 heavy (non-hydrogen) atoms. The fourth-order valence-corrected chi connectivity index (χ4v) is 5.81. The van der Waals surface area contributed by atoms with Crippen molar-refractivity contribution in [3.63, 3.8) is 0 Å². The smallest absolute Gasteiger partial charge is 0.141 e. The number of piperazine rings is 1. The van der Waals surface area contributed by atoms with Crippen LogP contribution in [0.3, 0.4) is 0 Å². The second-order valence-corrected chi connectivity index (χ2v) is 9.75. The molecule has 1 aromatic carbocycles. The largest absolute Gasteiger partial charge is 0.353 e. The van der Waals surface area contributed by atoms with Crippen LogP contribution in [0.25, 0.3) is 10.2 Å². The van der Waals surface area contributed by atoms with Gasteiger partial charge in [-0.05, 0) is 31.4 Å². The number of thiophene rings is 1. The van der Waals surface area contributed by atoms with Crippen LogP contribution >= 0.6 is 11.3 Å². The van der Waals surface area contributed by atoms with Crippen LogP contribution in [0.4, 0.5) is 5.82 Å². The third-order valence-corrected chi connectivity index (χ3v) is 7.40. The van der Waals surface area contributed by atoms with E-state index in [1.54, 1.807) is 11.3 Å². The Kier molecular flexibility index (Phi) is 5.51. The minimum Gasteiger partial charge on any atom is -0.353 e. The number of hydrogen-bond donors (Lipinski definition) is 0. The quantitative estimate of drug-likeness (QED) is 0.607. The van der Waals surface area contributed by atoms with E-state index in [4.69, 9.17) is 9.97 Å². The molecule has 0 atom stereocenters. The Morgan fingerprint density at radius 1 is 0.966 bits per heavy atom. The lowest BCUT2D eigenvalue weighted by molar-refractivity contribution is 0.148. The van der Waals surface area contributed by atoms with Crippen molar-refractivity contribution < 1.29 is 0 Å². The van der Waals surface area contributed by atoms with Gasteiger partial charge in [0.05, 0.1) is 5.39 Å². The summed E-state index contributed by atoms with van der Waals surface area (Å²) < 4.78 is 0. The van der Waals surface area contributed by atoms with E-state index >= 15 is 0 Å². The SMILES string of the molecule is Cc1cc2c(N3CCN(C4CCCCC4)CC3)nc(Cc3ccccc3)nc2s1. The Morgan fingerprint density at radius 3 is 2.48 bits per heavy atom. The van der Waals surface area contributed by atoms with Crippen LogP contribution in [0.1, 0.15) is 48.4 Å². The summed E-state index contributed by atoms with van der Waals surface area (Å²) in [6, 6.07) is 13.7. The average Bonchev–Trinajstić information content (AvgIpc) is 3.15. The van der Waals surface area contributed by atoms with E-state index in [1.807, 2.05) is 0 Å². The molecule has 2 aromatic heterocycles. The standard InChI is InChI=1S/C24H30N4S/c1-18-16-21-23(28-14-12-27(13-15-28)20-10-6-3-7-11-20)25-22(26-24(21)29-18)17-19-8-4-2-5-9-19/h2,4-5,8-9,16,20H,3,6-7,10-15,17H2,1H3. The van der Waals surface area contributed by atoms with Crippen molar-refractivity contribution in [1.82, 2.24) is 14.9 Å². The highest BCUT2D eigenvalue weighted by Gasteiger charge is 2.27. The molecule has 4 nitrogen and oxygen atoms in total. The molecule has 1 saturated heterocycles.